The third-order valence-electron chi connectivity index (χ3n) is 8.56. The maximum atomic E-state index is 6.28. The van der Waals surface area contributed by atoms with Crippen molar-refractivity contribution in [1.82, 2.24) is 14.5 Å². The van der Waals surface area contributed by atoms with Crippen molar-refractivity contribution in [3.05, 3.63) is 163 Å². The molecule has 3 heterocycles. The molecule has 0 fully saturated rings. The summed E-state index contributed by atoms with van der Waals surface area (Å²) in [6.07, 6.45) is 13.6. The van der Waals surface area contributed by atoms with Crippen LogP contribution in [0.2, 0.25) is 0 Å². The van der Waals surface area contributed by atoms with E-state index in [1.165, 1.54) is 49.3 Å². The fourth-order valence-corrected chi connectivity index (χ4v) is 6.51. The quantitative estimate of drug-likeness (QED) is 0.197. The molecule has 4 nitrogen and oxygen atoms in total. The molecule has 0 aliphatic carbocycles. The van der Waals surface area contributed by atoms with Gasteiger partial charge in [-0.2, -0.15) is 0 Å². The molecular weight excluding hydrogens is 536 g/mol. The number of hydrogen-bond donors (Lipinski definition) is 2. The number of hydrogen-bond acceptors (Lipinski definition) is 2. The minimum atomic E-state index is 0.164. The first kappa shape index (κ1) is 25.9. The summed E-state index contributed by atoms with van der Waals surface area (Å²) < 4.78 is 4.77. The number of nitrogens with zero attached hydrogens (tertiary/aromatic N) is 2. The van der Waals surface area contributed by atoms with E-state index < -0.39 is 0 Å². The lowest BCUT2D eigenvalue weighted by Crippen LogP contribution is -2.29. The van der Waals surface area contributed by atoms with Gasteiger partial charge < -0.3 is 15.6 Å². The SMILES string of the molecule is N/C(=C\C=C/CC1C=CC=C(n2c3ccccc3c3cc4c(cc32)c2ccccc2n4-c2ccccc2)N1)c1ccccc1. The largest absolute Gasteiger partial charge is 0.398 e. The predicted molar refractivity (Wildman–Crippen MR) is 186 cm³/mol. The first-order valence-corrected chi connectivity index (χ1v) is 15.1. The van der Waals surface area contributed by atoms with Crippen molar-refractivity contribution >= 4 is 55.1 Å². The molecule has 0 saturated carbocycles. The van der Waals surface area contributed by atoms with Crippen LogP contribution >= 0.6 is 0 Å². The molecule has 0 radical (unpaired) electrons. The fourth-order valence-electron chi connectivity index (χ4n) is 6.51. The highest BCUT2D eigenvalue weighted by Gasteiger charge is 2.20. The summed E-state index contributed by atoms with van der Waals surface area (Å²) in [5.74, 6) is 1.07. The second kappa shape index (κ2) is 10.8. The molecule has 8 rings (SSSR count). The predicted octanol–water partition coefficient (Wildman–Crippen LogP) is 9.16. The Morgan fingerprint density at radius 3 is 1.95 bits per heavy atom. The summed E-state index contributed by atoms with van der Waals surface area (Å²) in [5.41, 5.74) is 14.0. The second-order valence-electron chi connectivity index (χ2n) is 11.3. The molecule has 212 valence electrons. The molecule has 1 unspecified atom stereocenters. The van der Waals surface area contributed by atoms with Crippen molar-refractivity contribution in [1.29, 1.82) is 0 Å². The molecule has 5 aromatic carbocycles. The minimum Gasteiger partial charge on any atom is -0.398 e. The summed E-state index contributed by atoms with van der Waals surface area (Å²) >= 11 is 0. The molecule has 44 heavy (non-hydrogen) atoms. The first-order chi connectivity index (χ1) is 21.8. The number of nitrogens with one attached hydrogen (secondary N) is 1. The molecule has 1 aliphatic rings. The average molecular weight is 569 g/mol. The summed E-state index contributed by atoms with van der Waals surface area (Å²) in [7, 11) is 0. The Hall–Kier alpha value is -5.74. The topological polar surface area (TPSA) is 47.9 Å². The van der Waals surface area contributed by atoms with E-state index in [4.69, 9.17) is 5.73 Å². The van der Waals surface area contributed by atoms with Crippen LogP contribution in [-0.4, -0.2) is 15.2 Å². The Morgan fingerprint density at radius 1 is 0.659 bits per heavy atom. The Bertz CT molecular complexity index is 2280. The lowest BCUT2D eigenvalue weighted by molar-refractivity contribution is 0.697. The van der Waals surface area contributed by atoms with Gasteiger partial charge in [0.1, 0.15) is 5.82 Å². The third kappa shape index (κ3) is 4.40. The number of dihydropyridines is 1. The van der Waals surface area contributed by atoms with Gasteiger partial charge in [-0.05, 0) is 60.5 Å². The van der Waals surface area contributed by atoms with Crippen LogP contribution in [0.4, 0.5) is 0 Å². The van der Waals surface area contributed by atoms with Crippen LogP contribution in [-0.2, 0) is 0 Å². The van der Waals surface area contributed by atoms with Crippen LogP contribution < -0.4 is 11.1 Å². The molecule has 4 heteroatoms. The zero-order valence-electron chi connectivity index (χ0n) is 24.3. The molecule has 7 aromatic rings. The summed E-state index contributed by atoms with van der Waals surface area (Å²) in [4.78, 5) is 0. The Balaban J connectivity index is 1.20. The Kier molecular flexibility index (Phi) is 6.38. The van der Waals surface area contributed by atoms with E-state index in [0.29, 0.717) is 0 Å². The summed E-state index contributed by atoms with van der Waals surface area (Å²) in [5, 5.41) is 8.78. The van der Waals surface area contributed by atoms with Gasteiger partial charge in [0.25, 0.3) is 0 Å². The smallest absolute Gasteiger partial charge is 0.111 e. The van der Waals surface area contributed by atoms with Crippen LogP contribution in [0.3, 0.4) is 0 Å². The van der Waals surface area contributed by atoms with Gasteiger partial charge in [-0.3, -0.25) is 4.57 Å². The molecule has 2 aromatic heterocycles. The van der Waals surface area contributed by atoms with E-state index >= 15 is 0 Å². The van der Waals surface area contributed by atoms with Crippen LogP contribution in [0.15, 0.2) is 158 Å². The van der Waals surface area contributed by atoms with Gasteiger partial charge in [0.15, 0.2) is 0 Å². The molecular formula is C40H32N4. The minimum absolute atomic E-state index is 0.164. The highest BCUT2D eigenvalue weighted by atomic mass is 15.2. The number of nitrogens with two attached hydrogens (primary N) is 1. The van der Waals surface area contributed by atoms with E-state index in [-0.39, 0.29) is 6.04 Å². The van der Waals surface area contributed by atoms with Crippen molar-refractivity contribution in [3.63, 3.8) is 0 Å². The van der Waals surface area contributed by atoms with E-state index in [9.17, 15) is 0 Å². The van der Waals surface area contributed by atoms with Crippen LogP contribution in [0, 0.1) is 0 Å². The van der Waals surface area contributed by atoms with Gasteiger partial charge in [0, 0.05) is 39.0 Å². The Labute approximate surface area is 256 Å². The van der Waals surface area contributed by atoms with Crippen LogP contribution in [0.5, 0.6) is 0 Å². The zero-order valence-corrected chi connectivity index (χ0v) is 24.3. The van der Waals surface area contributed by atoms with E-state index in [2.05, 4.69) is 136 Å². The molecule has 1 atom stereocenters. The maximum Gasteiger partial charge on any atom is 0.111 e. The van der Waals surface area contributed by atoms with Gasteiger partial charge in [0.2, 0.25) is 0 Å². The molecule has 0 spiro atoms. The first-order valence-electron chi connectivity index (χ1n) is 15.1. The normalized spacial score (nSPS) is 15.5. The average Bonchev–Trinajstić information content (AvgIpc) is 3.58. The number of benzene rings is 5. The van der Waals surface area contributed by atoms with Crippen molar-refractivity contribution in [2.45, 2.75) is 12.5 Å². The maximum absolute atomic E-state index is 6.28. The lowest BCUT2D eigenvalue weighted by Gasteiger charge is -2.23. The zero-order chi connectivity index (χ0) is 29.5. The van der Waals surface area contributed by atoms with Gasteiger partial charge in [0.05, 0.1) is 22.1 Å². The van der Waals surface area contributed by atoms with Gasteiger partial charge in [-0.25, -0.2) is 0 Å². The van der Waals surface area contributed by atoms with Crippen molar-refractivity contribution in [2.75, 3.05) is 0 Å². The number of allylic oxidation sites excluding steroid dienone is 4. The highest BCUT2D eigenvalue weighted by Crippen LogP contribution is 2.39. The van der Waals surface area contributed by atoms with Crippen molar-refractivity contribution in [2.24, 2.45) is 5.73 Å². The molecule has 0 amide bonds. The Morgan fingerprint density at radius 2 is 1.25 bits per heavy atom. The monoisotopic (exact) mass is 568 g/mol. The standard InChI is InChI=1S/C40H32N4/c41-35(28-14-3-1-4-15-28)22-10-7-16-29-17-13-25-40(42-29)44-37-24-12-9-21-32(37)34-26-38-33(27-39(34)44)31-20-8-11-23-36(31)43(38)30-18-5-2-6-19-30/h1-15,17-27,29,42H,16,41H2/b10-7-,35-22-. The third-order valence-corrected chi connectivity index (χ3v) is 8.56. The van der Waals surface area contributed by atoms with Crippen molar-refractivity contribution < 1.29 is 0 Å². The molecule has 3 N–H and O–H groups in total. The fraction of sp³-hybridized carbons (Fsp3) is 0.0500. The van der Waals surface area contributed by atoms with E-state index in [1.54, 1.807) is 0 Å². The van der Waals surface area contributed by atoms with Gasteiger partial charge >= 0.3 is 0 Å². The highest BCUT2D eigenvalue weighted by molar-refractivity contribution is 6.19. The molecule has 0 saturated heterocycles. The van der Waals surface area contributed by atoms with Gasteiger partial charge in [-0.15, -0.1) is 0 Å². The number of aromatic nitrogens is 2. The van der Waals surface area contributed by atoms with E-state index in [0.717, 1.165) is 23.5 Å². The molecule has 0 bridgehead atoms. The summed E-state index contributed by atoms with van der Waals surface area (Å²) in [6.45, 7) is 0. The summed E-state index contributed by atoms with van der Waals surface area (Å²) in [6, 6.07) is 43.1. The van der Waals surface area contributed by atoms with E-state index in [1.807, 2.05) is 36.4 Å². The molecule has 1 aliphatic heterocycles. The van der Waals surface area contributed by atoms with Crippen LogP contribution in [0.1, 0.15) is 12.0 Å². The number of rotatable bonds is 6. The number of para-hydroxylation sites is 3. The van der Waals surface area contributed by atoms with Crippen molar-refractivity contribution in [3.8, 4) is 5.69 Å². The van der Waals surface area contributed by atoms with Gasteiger partial charge in [-0.1, -0.05) is 109 Å². The number of fused-ring (bicyclic) bond motifs is 6. The lowest BCUT2D eigenvalue weighted by atomic mass is 10.1. The second-order valence-corrected chi connectivity index (χ2v) is 11.3. The van der Waals surface area contributed by atoms with Crippen LogP contribution in [0.25, 0.3) is 60.8 Å².